The highest BCUT2D eigenvalue weighted by molar-refractivity contribution is 5.22. The molecule has 120 valence electrons. The van der Waals surface area contributed by atoms with Gasteiger partial charge in [0.25, 0.3) is 0 Å². The van der Waals surface area contributed by atoms with Crippen LogP contribution in [0.5, 0.6) is 0 Å². The van der Waals surface area contributed by atoms with Crippen LogP contribution in [0.25, 0.3) is 0 Å². The molecule has 2 nitrogen and oxygen atoms in total. The quantitative estimate of drug-likeness (QED) is 0.729. The van der Waals surface area contributed by atoms with Gasteiger partial charge in [-0.05, 0) is 23.0 Å². The van der Waals surface area contributed by atoms with Crippen LogP contribution in [0.1, 0.15) is 52.7 Å². The number of nitrogens with one attached hydrogen (secondary N) is 1. The minimum Gasteiger partial charge on any atom is -0.310 e. The largest absolute Gasteiger partial charge is 0.310 e. The van der Waals surface area contributed by atoms with Crippen molar-refractivity contribution in [1.29, 1.82) is 0 Å². The van der Waals surface area contributed by atoms with E-state index in [-0.39, 0.29) is 0 Å². The lowest BCUT2D eigenvalue weighted by Crippen LogP contribution is -2.30. The zero-order valence-corrected chi connectivity index (χ0v) is 14.8. The first-order valence-corrected chi connectivity index (χ1v) is 8.40. The van der Waals surface area contributed by atoms with Crippen LogP contribution in [0, 0.1) is 11.8 Å². The first-order valence-electron chi connectivity index (χ1n) is 8.40. The van der Waals surface area contributed by atoms with Gasteiger partial charge in [0.15, 0.2) is 0 Å². The van der Waals surface area contributed by atoms with Gasteiger partial charge in [-0.25, -0.2) is 0 Å². The first-order chi connectivity index (χ1) is 9.86. The Morgan fingerprint density at radius 3 is 1.71 bits per heavy atom. The molecule has 1 aromatic carbocycles. The molecule has 0 aliphatic heterocycles. The Morgan fingerprint density at radius 2 is 1.29 bits per heavy atom. The molecular weight excluding hydrogens is 256 g/mol. The lowest BCUT2D eigenvalue weighted by Gasteiger charge is -2.26. The minimum absolute atomic E-state index is 0.539. The lowest BCUT2D eigenvalue weighted by atomic mass is 10.1. The second kappa shape index (κ2) is 9.22. The summed E-state index contributed by atoms with van der Waals surface area (Å²) in [5.74, 6) is 1.44. The van der Waals surface area contributed by atoms with E-state index in [1.165, 1.54) is 24.2 Å². The van der Waals surface area contributed by atoms with Crippen LogP contribution in [0.2, 0.25) is 0 Å². The molecule has 0 aliphatic carbocycles. The van der Waals surface area contributed by atoms with Crippen molar-refractivity contribution in [2.24, 2.45) is 11.8 Å². The molecule has 0 aliphatic rings. The van der Waals surface area contributed by atoms with Crippen molar-refractivity contribution in [2.45, 2.75) is 60.7 Å². The van der Waals surface area contributed by atoms with Crippen LogP contribution in [-0.4, -0.2) is 24.0 Å². The number of benzene rings is 1. The van der Waals surface area contributed by atoms with Crippen LogP contribution in [0.4, 0.5) is 0 Å². The fourth-order valence-electron chi connectivity index (χ4n) is 2.58. The molecule has 2 heteroatoms. The summed E-state index contributed by atoms with van der Waals surface area (Å²) in [7, 11) is 0. The summed E-state index contributed by atoms with van der Waals surface area (Å²) in [5.41, 5.74) is 2.79. The van der Waals surface area contributed by atoms with Crippen molar-refractivity contribution in [3.63, 3.8) is 0 Å². The molecule has 0 spiro atoms. The Morgan fingerprint density at radius 1 is 0.810 bits per heavy atom. The Labute approximate surface area is 131 Å². The number of rotatable bonds is 9. The van der Waals surface area contributed by atoms with Gasteiger partial charge in [-0.15, -0.1) is 0 Å². The van der Waals surface area contributed by atoms with Crippen molar-refractivity contribution in [3.05, 3.63) is 35.4 Å². The maximum atomic E-state index is 3.46. The molecule has 1 N–H and O–H groups in total. The smallest absolute Gasteiger partial charge is 0.0233 e. The highest BCUT2D eigenvalue weighted by atomic mass is 15.1. The molecule has 0 radical (unpaired) electrons. The predicted octanol–water partition coefficient (Wildman–Crippen LogP) is 4.30. The molecule has 0 saturated heterocycles. The van der Waals surface area contributed by atoms with Crippen LogP contribution in [0.3, 0.4) is 0 Å². The fraction of sp³-hybridized carbons (Fsp3) is 0.684. The van der Waals surface area contributed by atoms with Gasteiger partial charge in [-0.2, -0.15) is 0 Å². The maximum absolute atomic E-state index is 3.46. The highest BCUT2D eigenvalue weighted by Gasteiger charge is 2.10. The average Bonchev–Trinajstić information content (AvgIpc) is 2.36. The third kappa shape index (κ3) is 8.23. The van der Waals surface area contributed by atoms with Gasteiger partial charge in [-0.1, -0.05) is 65.8 Å². The van der Waals surface area contributed by atoms with Gasteiger partial charge in [0, 0.05) is 32.2 Å². The lowest BCUT2D eigenvalue weighted by molar-refractivity contribution is 0.211. The second-order valence-electron chi connectivity index (χ2n) is 7.33. The SMILES string of the molecule is CC(C)CN(Cc1ccc(CNC(C)C)cc1)CC(C)C. The maximum Gasteiger partial charge on any atom is 0.0233 e. The number of hydrogen-bond donors (Lipinski definition) is 1. The molecule has 0 amide bonds. The van der Waals surface area contributed by atoms with Crippen LogP contribution < -0.4 is 5.32 Å². The van der Waals surface area contributed by atoms with E-state index in [1.54, 1.807) is 0 Å². The molecule has 0 atom stereocenters. The van der Waals surface area contributed by atoms with Gasteiger partial charge in [0.2, 0.25) is 0 Å². The van der Waals surface area contributed by atoms with Crippen LogP contribution in [-0.2, 0) is 13.1 Å². The summed E-state index contributed by atoms with van der Waals surface area (Å²) in [6, 6.07) is 9.62. The number of nitrogens with zero attached hydrogens (tertiary/aromatic N) is 1. The molecule has 0 aromatic heterocycles. The number of hydrogen-bond acceptors (Lipinski definition) is 2. The van der Waals surface area contributed by atoms with E-state index in [2.05, 4.69) is 76.0 Å². The van der Waals surface area contributed by atoms with Gasteiger partial charge >= 0.3 is 0 Å². The normalized spacial score (nSPS) is 12.1. The van der Waals surface area contributed by atoms with Gasteiger partial charge < -0.3 is 5.32 Å². The zero-order chi connectivity index (χ0) is 15.8. The highest BCUT2D eigenvalue weighted by Crippen LogP contribution is 2.11. The summed E-state index contributed by atoms with van der Waals surface area (Å²) in [5, 5.41) is 3.46. The molecule has 0 unspecified atom stereocenters. The Hall–Kier alpha value is -0.860. The van der Waals surface area contributed by atoms with Crippen LogP contribution in [0.15, 0.2) is 24.3 Å². The molecule has 0 fully saturated rings. The van der Waals surface area contributed by atoms with Gasteiger partial charge in [0.05, 0.1) is 0 Å². The summed E-state index contributed by atoms with van der Waals surface area (Å²) in [6.45, 7) is 17.9. The fourth-order valence-corrected chi connectivity index (χ4v) is 2.58. The van der Waals surface area contributed by atoms with E-state index in [9.17, 15) is 0 Å². The standard InChI is InChI=1S/C19H34N2/c1-15(2)12-21(13-16(3)4)14-19-9-7-18(8-10-19)11-20-17(5)6/h7-10,15-17,20H,11-14H2,1-6H3. The van der Waals surface area contributed by atoms with E-state index >= 15 is 0 Å². The van der Waals surface area contributed by atoms with E-state index in [1.807, 2.05) is 0 Å². The van der Waals surface area contributed by atoms with E-state index in [0.717, 1.165) is 24.9 Å². The van der Waals surface area contributed by atoms with Gasteiger partial charge in [0.1, 0.15) is 0 Å². The van der Waals surface area contributed by atoms with Crippen molar-refractivity contribution < 1.29 is 0 Å². The van der Waals surface area contributed by atoms with Gasteiger partial charge in [-0.3, -0.25) is 4.90 Å². The van der Waals surface area contributed by atoms with E-state index in [4.69, 9.17) is 0 Å². The summed E-state index contributed by atoms with van der Waals surface area (Å²) in [4.78, 5) is 2.58. The Balaban J connectivity index is 2.58. The molecule has 0 bridgehead atoms. The molecule has 1 aromatic rings. The molecule has 0 heterocycles. The topological polar surface area (TPSA) is 15.3 Å². The molecular formula is C19H34N2. The minimum atomic E-state index is 0.539. The van der Waals surface area contributed by atoms with E-state index in [0.29, 0.717) is 6.04 Å². The molecule has 0 saturated carbocycles. The zero-order valence-electron chi connectivity index (χ0n) is 14.8. The average molecular weight is 290 g/mol. The Kier molecular flexibility index (Phi) is 7.98. The van der Waals surface area contributed by atoms with Crippen molar-refractivity contribution in [1.82, 2.24) is 10.2 Å². The second-order valence-corrected chi connectivity index (χ2v) is 7.33. The molecule has 21 heavy (non-hydrogen) atoms. The third-order valence-electron chi connectivity index (χ3n) is 3.39. The summed E-state index contributed by atoms with van der Waals surface area (Å²) < 4.78 is 0. The van der Waals surface area contributed by atoms with E-state index < -0.39 is 0 Å². The van der Waals surface area contributed by atoms with Crippen molar-refractivity contribution in [2.75, 3.05) is 13.1 Å². The first kappa shape index (κ1) is 18.2. The molecule has 1 rings (SSSR count). The third-order valence-corrected chi connectivity index (χ3v) is 3.39. The summed E-state index contributed by atoms with van der Waals surface area (Å²) in [6.07, 6.45) is 0. The van der Waals surface area contributed by atoms with Crippen LogP contribution >= 0.6 is 0 Å². The predicted molar refractivity (Wildman–Crippen MR) is 93.4 cm³/mol. The monoisotopic (exact) mass is 290 g/mol. The van der Waals surface area contributed by atoms with Crippen molar-refractivity contribution >= 4 is 0 Å². The summed E-state index contributed by atoms with van der Waals surface area (Å²) >= 11 is 0. The van der Waals surface area contributed by atoms with Crippen molar-refractivity contribution in [3.8, 4) is 0 Å². The Bertz CT molecular complexity index is 369.